The predicted octanol–water partition coefficient (Wildman–Crippen LogP) is 4.45. The first-order chi connectivity index (χ1) is 13.1. The summed E-state index contributed by atoms with van der Waals surface area (Å²) in [5, 5.41) is 10.1. The molecule has 0 radical (unpaired) electrons. The molecule has 0 atom stereocenters. The molecule has 3 rings (SSSR count). The van der Waals surface area contributed by atoms with E-state index in [9.17, 15) is 18.0 Å². The van der Waals surface area contributed by atoms with E-state index < -0.39 is 22.3 Å². The summed E-state index contributed by atoms with van der Waals surface area (Å²) in [6.07, 6.45) is -1.81. The molecule has 0 saturated carbocycles. The fourth-order valence-electron chi connectivity index (χ4n) is 2.31. The van der Waals surface area contributed by atoms with Crippen LogP contribution in [-0.2, 0) is 20.0 Å². The van der Waals surface area contributed by atoms with E-state index in [1.54, 1.807) is 12.1 Å². The number of nitrogens with one attached hydrogen (secondary N) is 1. The maximum Gasteiger partial charge on any atom is 0.434 e. The third-order valence-corrected chi connectivity index (χ3v) is 4.82. The molecular formula is C16H12Br2F3N5O2. The van der Waals surface area contributed by atoms with Gasteiger partial charge in [-0.3, -0.25) is 9.48 Å². The minimum Gasteiger partial charge on any atom is -0.471 e. The average molecular weight is 523 g/mol. The van der Waals surface area contributed by atoms with Gasteiger partial charge in [0.05, 0.1) is 22.6 Å². The molecule has 28 heavy (non-hydrogen) atoms. The SMILES string of the molecule is Cn1nc(C(=O)Nc2cnn(COc3ccc(Br)cc3)c2)c(Br)c1C(F)(F)F. The Labute approximate surface area is 173 Å². The van der Waals surface area contributed by atoms with Crippen molar-refractivity contribution < 1.29 is 22.7 Å². The van der Waals surface area contributed by atoms with Gasteiger partial charge in [-0.25, -0.2) is 4.68 Å². The fraction of sp³-hybridized carbons (Fsp3) is 0.188. The predicted molar refractivity (Wildman–Crippen MR) is 101 cm³/mol. The van der Waals surface area contributed by atoms with Gasteiger partial charge in [0.15, 0.2) is 18.1 Å². The number of carbonyl (C=O) groups is 1. The number of ether oxygens (including phenoxy) is 1. The molecule has 2 aromatic heterocycles. The van der Waals surface area contributed by atoms with Crippen LogP contribution in [0.25, 0.3) is 0 Å². The summed E-state index contributed by atoms with van der Waals surface area (Å²) in [7, 11) is 1.11. The monoisotopic (exact) mass is 521 g/mol. The molecule has 1 N–H and O–H groups in total. The van der Waals surface area contributed by atoms with Crippen molar-refractivity contribution >= 4 is 43.5 Å². The lowest BCUT2D eigenvalue weighted by Gasteiger charge is -2.06. The van der Waals surface area contributed by atoms with Gasteiger partial charge in [0.2, 0.25) is 0 Å². The van der Waals surface area contributed by atoms with Crippen LogP contribution < -0.4 is 10.1 Å². The second kappa shape index (κ2) is 7.95. The van der Waals surface area contributed by atoms with Crippen LogP contribution in [0.2, 0.25) is 0 Å². The van der Waals surface area contributed by atoms with E-state index in [1.807, 2.05) is 12.1 Å². The van der Waals surface area contributed by atoms with Crippen LogP contribution in [0, 0.1) is 0 Å². The van der Waals surface area contributed by atoms with E-state index in [0.29, 0.717) is 10.4 Å². The van der Waals surface area contributed by atoms with Crippen LogP contribution in [0.5, 0.6) is 5.75 Å². The lowest BCUT2D eigenvalue weighted by Crippen LogP contribution is -2.13. The molecule has 148 valence electrons. The minimum absolute atomic E-state index is 0.0863. The number of benzene rings is 1. The third kappa shape index (κ3) is 4.55. The number of hydrogen-bond donors (Lipinski definition) is 1. The topological polar surface area (TPSA) is 74.0 Å². The molecule has 0 bridgehead atoms. The normalized spacial score (nSPS) is 11.5. The van der Waals surface area contributed by atoms with Crippen molar-refractivity contribution in [3.05, 3.63) is 57.0 Å². The van der Waals surface area contributed by atoms with Crippen molar-refractivity contribution in [3.63, 3.8) is 0 Å². The van der Waals surface area contributed by atoms with E-state index in [-0.39, 0.29) is 18.1 Å². The minimum atomic E-state index is -4.64. The summed E-state index contributed by atoms with van der Waals surface area (Å²) in [6.45, 7) is 0.0863. The van der Waals surface area contributed by atoms with Crippen LogP contribution in [0.1, 0.15) is 16.2 Å². The highest BCUT2D eigenvalue weighted by Crippen LogP contribution is 2.36. The number of carbonyl (C=O) groups excluding carboxylic acids is 1. The molecular weight excluding hydrogens is 511 g/mol. The van der Waals surface area contributed by atoms with E-state index >= 15 is 0 Å². The van der Waals surface area contributed by atoms with E-state index in [4.69, 9.17) is 4.74 Å². The van der Waals surface area contributed by atoms with Gasteiger partial charge in [0.25, 0.3) is 5.91 Å². The number of anilines is 1. The Balaban J connectivity index is 1.66. The van der Waals surface area contributed by atoms with Gasteiger partial charge < -0.3 is 10.1 Å². The molecule has 3 aromatic rings. The zero-order valence-electron chi connectivity index (χ0n) is 14.2. The molecule has 0 spiro atoms. The highest BCUT2D eigenvalue weighted by Gasteiger charge is 2.39. The lowest BCUT2D eigenvalue weighted by molar-refractivity contribution is -0.144. The van der Waals surface area contributed by atoms with Gasteiger partial charge in [0.1, 0.15) is 5.75 Å². The molecule has 7 nitrogen and oxygen atoms in total. The Morgan fingerprint density at radius 1 is 1.25 bits per heavy atom. The second-order valence-corrected chi connectivity index (χ2v) is 7.29. The quantitative estimate of drug-likeness (QED) is 0.537. The average Bonchev–Trinajstić information content (AvgIpc) is 3.17. The zero-order valence-corrected chi connectivity index (χ0v) is 17.3. The summed E-state index contributed by atoms with van der Waals surface area (Å²) in [5.74, 6) is -0.173. The number of halogens is 5. The maximum absolute atomic E-state index is 13.0. The van der Waals surface area contributed by atoms with Gasteiger partial charge >= 0.3 is 6.18 Å². The van der Waals surface area contributed by atoms with Crippen LogP contribution in [0.3, 0.4) is 0 Å². The first-order valence-electron chi connectivity index (χ1n) is 7.67. The van der Waals surface area contributed by atoms with Gasteiger partial charge in [-0.05, 0) is 40.2 Å². The number of hydrogen-bond acceptors (Lipinski definition) is 4. The molecule has 0 unspecified atom stereocenters. The summed E-state index contributed by atoms with van der Waals surface area (Å²) >= 11 is 6.13. The van der Waals surface area contributed by atoms with E-state index in [1.165, 1.54) is 17.1 Å². The third-order valence-electron chi connectivity index (χ3n) is 3.54. The van der Waals surface area contributed by atoms with Crippen LogP contribution in [0.15, 0.2) is 45.6 Å². The van der Waals surface area contributed by atoms with Crippen molar-refractivity contribution in [2.24, 2.45) is 7.05 Å². The Kier molecular flexibility index (Phi) is 5.79. The highest BCUT2D eigenvalue weighted by molar-refractivity contribution is 9.10. The van der Waals surface area contributed by atoms with Gasteiger partial charge in [-0.1, -0.05) is 15.9 Å². The van der Waals surface area contributed by atoms with Crippen LogP contribution in [0.4, 0.5) is 18.9 Å². The van der Waals surface area contributed by atoms with Crippen molar-refractivity contribution in [1.82, 2.24) is 19.6 Å². The fourth-order valence-corrected chi connectivity index (χ4v) is 3.32. The van der Waals surface area contributed by atoms with E-state index in [0.717, 1.165) is 11.5 Å². The van der Waals surface area contributed by atoms with E-state index in [2.05, 4.69) is 47.4 Å². The second-order valence-electron chi connectivity index (χ2n) is 5.58. The summed E-state index contributed by atoms with van der Waals surface area (Å²) < 4.78 is 47.1. The zero-order chi connectivity index (χ0) is 20.5. The summed E-state index contributed by atoms with van der Waals surface area (Å²) in [4.78, 5) is 12.3. The highest BCUT2D eigenvalue weighted by atomic mass is 79.9. The van der Waals surface area contributed by atoms with Crippen LogP contribution in [-0.4, -0.2) is 25.5 Å². The van der Waals surface area contributed by atoms with Crippen molar-refractivity contribution in [3.8, 4) is 5.75 Å². The molecule has 0 aliphatic carbocycles. The molecule has 12 heteroatoms. The van der Waals surface area contributed by atoms with Crippen molar-refractivity contribution in [2.75, 3.05) is 5.32 Å². The Morgan fingerprint density at radius 2 is 1.93 bits per heavy atom. The largest absolute Gasteiger partial charge is 0.471 e. The molecule has 0 saturated heterocycles. The first-order valence-corrected chi connectivity index (χ1v) is 9.25. The first kappa shape index (κ1) is 20.4. The molecule has 0 aliphatic heterocycles. The van der Waals surface area contributed by atoms with Crippen molar-refractivity contribution in [2.45, 2.75) is 12.9 Å². The summed E-state index contributed by atoms with van der Waals surface area (Å²) in [6, 6.07) is 7.19. The standard InChI is InChI=1S/C16H12Br2F3N5O2/c1-25-14(16(19,20)21)12(18)13(24-25)15(27)23-10-6-22-26(7-10)8-28-11-4-2-9(17)3-5-11/h2-7H,8H2,1H3,(H,23,27). The number of aryl methyl sites for hydroxylation is 1. The Bertz CT molecular complexity index is 999. The van der Waals surface area contributed by atoms with Crippen molar-refractivity contribution in [1.29, 1.82) is 0 Å². The van der Waals surface area contributed by atoms with Gasteiger partial charge in [-0.2, -0.15) is 23.4 Å². The molecule has 0 fully saturated rings. The summed E-state index contributed by atoms with van der Waals surface area (Å²) in [5.41, 5.74) is -1.14. The molecule has 1 aromatic carbocycles. The number of amides is 1. The Morgan fingerprint density at radius 3 is 2.54 bits per heavy atom. The molecule has 2 heterocycles. The molecule has 0 aliphatic rings. The lowest BCUT2D eigenvalue weighted by atomic mass is 10.3. The molecule has 1 amide bonds. The number of nitrogens with zero attached hydrogens (tertiary/aromatic N) is 4. The number of alkyl halides is 3. The Hall–Kier alpha value is -2.34. The maximum atomic E-state index is 13.0. The number of aromatic nitrogens is 4. The van der Waals surface area contributed by atoms with Gasteiger partial charge in [0, 0.05) is 11.5 Å². The smallest absolute Gasteiger partial charge is 0.434 e. The van der Waals surface area contributed by atoms with Gasteiger partial charge in [-0.15, -0.1) is 0 Å². The van der Waals surface area contributed by atoms with Crippen LogP contribution >= 0.6 is 31.9 Å². The number of rotatable bonds is 5.